The Balaban J connectivity index is 2.72. The Hall–Kier alpha value is -1.84. The first kappa shape index (κ1) is 7.79. The number of rotatable bonds is 2. The Morgan fingerprint density at radius 1 is 1.54 bits per heavy atom. The van der Waals surface area contributed by atoms with Gasteiger partial charge in [0.05, 0.1) is 23.0 Å². The summed E-state index contributed by atoms with van der Waals surface area (Å²) in [5.74, 6) is 0. The van der Waals surface area contributed by atoms with Crippen molar-refractivity contribution in [2.24, 2.45) is 7.05 Å². The summed E-state index contributed by atoms with van der Waals surface area (Å²) in [6.45, 7) is 0. The molecule has 4 nitrogen and oxygen atoms in total. The monoisotopic (exact) mass is 175 g/mol. The summed E-state index contributed by atoms with van der Waals surface area (Å²) in [6.07, 6.45) is 2.39. The lowest BCUT2D eigenvalue weighted by Crippen LogP contribution is -1.96. The molecule has 13 heavy (non-hydrogen) atoms. The lowest BCUT2D eigenvalue weighted by Gasteiger charge is -2.01. The second kappa shape index (κ2) is 2.90. The van der Waals surface area contributed by atoms with Gasteiger partial charge in [-0.05, 0) is 12.1 Å². The van der Waals surface area contributed by atoms with E-state index < -0.39 is 0 Å². The van der Waals surface area contributed by atoms with Crippen molar-refractivity contribution < 1.29 is 4.79 Å². The molecule has 1 heterocycles. The van der Waals surface area contributed by atoms with Crippen molar-refractivity contribution in [2.75, 3.05) is 5.32 Å². The Kier molecular flexibility index (Phi) is 1.73. The van der Waals surface area contributed by atoms with Crippen LogP contribution >= 0.6 is 0 Å². The lowest BCUT2D eigenvalue weighted by atomic mass is 10.2. The SMILES string of the molecule is Cn1cnc2cccc(NC=O)c21. The van der Waals surface area contributed by atoms with E-state index in [0.717, 1.165) is 16.7 Å². The molecule has 2 rings (SSSR count). The zero-order valence-corrected chi connectivity index (χ0v) is 7.19. The number of carbonyl (C=O) groups is 1. The van der Waals surface area contributed by atoms with Gasteiger partial charge in [0.1, 0.15) is 0 Å². The van der Waals surface area contributed by atoms with E-state index in [9.17, 15) is 4.79 Å². The van der Waals surface area contributed by atoms with Gasteiger partial charge in [-0.15, -0.1) is 0 Å². The van der Waals surface area contributed by atoms with Gasteiger partial charge in [-0.25, -0.2) is 4.98 Å². The highest BCUT2D eigenvalue weighted by atomic mass is 16.1. The number of imidazole rings is 1. The number of benzene rings is 1. The lowest BCUT2D eigenvalue weighted by molar-refractivity contribution is -0.105. The van der Waals surface area contributed by atoms with Crippen molar-refractivity contribution in [3.8, 4) is 0 Å². The van der Waals surface area contributed by atoms with E-state index in [1.165, 1.54) is 0 Å². The second-order valence-electron chi connectivity index (χ2n) is 2.79. The van der Waals surface area contributed by atoms with Crippen molar-refractivity contribution in [3.63, 3.8) is 0 Å². The number of amides is 1. The second-order valence-corrected chi connectivity index (χ2v) is 2.79. The van der Waals surface area contributed by atoms with Crippen molar-refractivity contribution in [1.82, 2.24) is 9.55 Å². The molecule has 1 amide bonds. The number of nitrogens with one attached hydrogen (secondary N) is 1. The third kappa shape index (κ3) is 1.16. The number of carbonyl (C=O) groups excluding carboxylic acids is 1. The van der Waals surface area contributed by atoms with Gasteiger partial charge < -0.3 is 9.88 Å². The molecule has 1 N–H and O–H groups in total. The van der Waals surface area contributed by atoms with Crippen LogP contribution in [0.1, 0.15) is 0 Å². The van der Waals surface area contributed by atoms with Gasteiger partial charge in [0.25, 0.3) is 0 Å². The first-order valence-corrected chi connectivity index (χ1v) is 3.93. The average molecular weight is 175 g/mol. The van der Waals surface area contributed by atoms with E-state index >= 15 is 0 Å². The fourth-order valence-electron chi connectivity index (χ4n) is 1.39. The first-order chi connectivity index (χ1) is 6.33. The van der Waals surface area contributed by atoms with Crippen molar-refractivity contribution in [2.45, 2.75) is 0 Å². The minimum atomic E-state index is 0.668. The number of hydrogen-bond acceptors (Lipinski definition) is 2. The summed E-state index contributed by atoms with van der Waals surface area (Å²) < 4.78 is 1.88. The van der Waals surface area contributed by atoms with Gasteiger partial charge in [0.2, 0.25) is 6.41 Å². The highest BCUT2D eigenvalue weighted by Crippen LogP contribution is 2.20. The van der Waals surface area contributed by atoms with Crippen molar-refractivity contribution in [1.29, 1.82) is 0 Å². The molecule has 66 valence electrons. The Labute approximate surface area is 75.2 Å². The minimum Gasteiger partial charge on any atom is -0.332 e. The molecule has 0 fully saturated rings. The molecule has 0 aliphatic rings. The molecule has 1 aromatic carbocycles. The molecule has 2 aromatic rings. The fourth-order valence-corrected chi connectivity index (χ4v) is 1.39. The van der Waals surface area contributed by atoms with E-state index in [1.54, 1.807) is 6.33 Å². The van der Waals surface area contributed by atoms with Crippen molar-refractivity contribution in [3.05, 3.63) is 24.5 Å². The van der Waals surface area contributed by atoms with E-state index in [-0.39, 0.29) is 0 Å². The van der Waals surface area contributed by atoms with Gasteiger partial charge in [-0.2, -0.15) is 0 Å². The summed E-state index contributed by atoms with van der Waals surface area (Å²) in [5.41, 5.74) is 2.61. The van der Waals surface area contributed by atoms with E-state index in [2.05, 4.69) is 10.3 Å². The summed E-state index contributed by atoms with van der Waals surface area (Å²) in [6, 6.07) is 5.62. The summed E-state index contributed by atoms with van der Waals surface area (Å²) >= 11 is 0. The average Bonchev–Trinajstić information content (AvgIpc) is 2.50. The van der Waals surface area contributed by atoms with Crippen LogP contribution in [0.2, 0.25) is 0 Å². The number of hydrogen-bond donors (Lipinski definition) is 1. The molecular formula is C9H9N3O. The topological polar surface area (TPSA) is 46.9 Å². The predicted molar refractivity (Wildman–Crippen MR) is 50.4 cm³/mol. The number of anilines is 1. The molecule has 0 saturated carbocycles. The zero-order valence-electron chi connectivity index (χ0n) is 7.19. The fraction of sp³-hybridized carbons (Fsp3) is 0.111. The normalized spacial score (nSPS) is 10.2. The van der Waals surface area contributed by atoms with Crippen LogP contribution in [-0.4, -0.2) is 16.0 Å². The molecule has 1 aromatic heterocycles. The van der Waals surface area contributed by atoms with Crippen LogP contribution in [0.3, 0.4) is 0 Å². The van der Waals surface area contributed by atoms with Crippen molar-refractivity contribution >= 4 is 23.1 Å². The maximum Gasteiger partial charge on any atom is 0.211 e. The molecular weight excluding hydrogens is 166 g/mol. The molecule has 0 radical (unpaired) electrons. The van der Waals surface area contributed by atoms with Crippen LogP contribution in [0.25, 0.3) is 11.0 Å². The smallest absolute Gasteiger partial charge is 0.211 e. The summed E-state index contributed by atoms with van der Waals surface area (Å²) in [7, 11) is 1.89. The standard InChI is InChI=1S/C9H9N3O/c1-12-5-10-7-3-2-4-8(9(7)12)11-6-13/h2-6H,1H3,(H,11,13). The summed E-state index contributed by atoms with van der Waals surface area (Å²) in [4.78, 5) is 14.5. The number of aryl methyl sites for hydroxylation is 1. The maximum atomic E-state index is 10.3. The Morgan fingerprint density at radius 2 is 2.38 bits per heavy atom. The van der Waals surface area contributed by atoms with E-state index in [0.29, 0.717) is 6.41 Å². The van der Waals surface area contributed by atoms with E-state index in [1.807, 2.05) is 29.8 Å². The highest BCUT2D eigenvalue weighted by Gasteiger charge is 2.03. The number of nitrogens with zero attached hydrogens (tertiary/aromatic N) is 2. The molecule has 0 saturated heterocycles. The molecule has 0 unspecified atom stereocenters. The van der Waals surface area contributed by atoms with Gasteiger partial charge in [0, 0.05) is 7.05 Å². The molecule has 0 spiro atoms. The van der Waals surface area contributed by atoms with Crippen LogP contribution in [-0.2, 0) is 11.8 Å². The van der Waals surface area contributed by atoms with Crippen LogP contribution in [0, 0.1) is 0 Å². The Morgan fingerprint density at radius 3 is 3.15 bits per heavy atom. The maximum absolute atomic E-state index is 10.3. The van der Waals surface area contributed by atoms with E-state index in [4.69, 9.17) is 0 Å². The highest BCUT2D eigenvalue weighted by molar-refractivity contribution is 5.93. The number of aromatic nitrogens is 2. The number of para-hydroxylation sites is 1. The zero-order chi connectivity index (χ0) is 9.26. The molecule has 0 atom stereocenters. The minimum absolute atomic E-state index is 0.668. The first-order valence-electron chi connectivity index (χ1n) is 3.93. The van der Waals surface area contributed by atoms with Crippen LogP contribution in [0.5, 0.6) is 0 Å². The van der Waals surface area contributed by atoms with Crippen LogP contribution in [0.4, 0.5) is 5.69 Å². The third-order valence-corrected chi connectivity index (χ3v) is 1.95. The Bertz CT molecular complexity index is 447. The predicted octanol–water partition coefficient (Wildman–Crippen LogP) is 1.14. The van der Waals surface area contributed by atoms with Gasteiger partial charge in [-0.1, -0.05) is 6.07 Å². The number of fused-ring (bicyclic) bond motifs is 1. The van der Waals surface area contributed by atoms with Gasteiger partial charge in [0.15, 0.2) is 0 Å². The molecule has 4 heteroatoms. The van der Waals surface area contributed by atoms with Crippen LogP contribution < -0.4 is 5.32 Å². The molecule has 0 aliphatic carbocycles. The van der Waals surface area contributed by atoms with Crippen LogP contribution in [0.15, 0.2) is 24.5 Å². The third-order valence-electron chi connectivity index (χ3n) is 1.95. The molecule has 0 bridgehead atoms. The van der Waals surface area contributed by atoms with Gasteiger partial charge >= 0.3 is 0 Å². The largest absolute Gasteiger partial charge is 0.332 e. The van der Waals surface area contributed by atoms with Gasteiger partial charge in [-0.3, -0.25) is 4.79 Å². The molecule has 0 aliphatic heterocycles. The summed E-state index contributed by atoms with van der Waals surface area (Å²) in [5, 5.41) is 2.64. The quantitative estimate of drug-likeness (QED) is 0.696.